The van der Waals surface area contributed by atoms with Crippen molar-refractivity contribution in [1.82, 2.24) is 45.4 Å². The van der Waals surface area contributed by atoms with Crippen LogP contribution in [0.1, 0.15) is 21.9 Å². The molecule has 1 amide bonds. The van der Waals surface area contributed by atoms with E-state index in [4.69, 9.17) is 4.74 Å². The van der Waals surface area contributed by atoms with E-state index in [0.29, 0.717) is 11.9 Å². The Hall–Kier alpha value is -3.69. The third-order valence-corrected chi connectivity index (χ3v) is 3.60. The molecule has 30 heavy (non-hydrogen) atoms. The number of carbonyl (C=O) groups is 1. The number of alkyl halides is 3. The number of pyridine rings is 1. The minimum absolute atomic E-state index is 0.0191. The lowest BCUT2D eigenvalue weighted by Crippen LogP contribution is -2.21. The molecule has 0 aliphatic rings. The van der Waals surface area contributed by atoms with Crippen LogP contribution in [0.4, 0.5) is 24.9 Å². The molecule has 0 atom stereocenters. The van der Waals surface area contributed by atoms with E-state index >= 15 is 0 Å². The maximum Gasteiger partial charge on any atom is 0.433 e. The summed E-state index contributed by atoms with van der Waals surface area (Å²) in [5, 5.41) is 26.9. The Kier molecular flexibility index (Phi) is 6.14. The zero-order valence-corrected chi connectivity index (χ0v) is 15.8. The van der Waals surface area contributed by atoms with Crippen molar-refractivity contribution in [2.45, 2.75) is 12.8 Å². The normalized spacial score (nSPS) is 11.5. The lowest BCUT2D eigenvalue weighted by atomic mass is 10.2. The molecule has 0 bridgehead atoms. The maximum absolute atomic E-state index is 13.0. The fourth-order valence-corrected chi connectivity index (χ4v) is 2.23. The largest absolute Gasteiger partial charge is 0.433 e. The molecule has 3 heterocycles. The quantitative estimate of drug-likeness (QED) is 0.471. The Morgan fingerprint density at radius 2 is 2.00 bits per heavy atom. The Balaban J connectivity index is 1.67. The molecule has 0 aliphatic carbocycles. The Bertz CT molecular complexity index is 1020. The molecule has 0 aliphatic heterocycles. The van der Waals surface area contributed by atoms with Crippen LogP contribution in [0.2, 0.25) is 0 Å². The first-order valence-electron chi connectivity index (χ1n) is 8.40. The molecule has 3 aromatic heterocycles. The lowest BCUT2D eigenvalue weighted by Gasteiger charge is -2.14. The van der Waals surface area contributed by atoms with Gasteiger partial charge in [-0.2, -0.15) is 18.0 Å². The van der Waals surface area contributed by atoms with Crippen LogP contribution in [-0.4, -0.2) is 64.5 Å². The molecule has 16 heteroatoms. The van der Waals surface area contributed by atoms with Gasteiger partial charge in [0.1, 0.15) is 18.1 Å². The van der Waals surface area contributed by atoms with Gasteiger partial charge in [0.05, 0.1) is 19.2 Å². The fourth-order valence-electron chi connectivity index (χ4n) is 2.23. The summed E-state index contributed by atoms with van der Waals surface area (Å²) in [6.45, 7) is 0.225. The van der Waals surface area contributed by atoms with Crippen molar-refractivity contribution in [3.8, 4) is 0 Å². The highest BCUT2D eigenvalue weighted by Crippen LogP contribution is 2.29. The fraction of sp³-hybridized carbons (Fsp3) is 0.429. The van der Waals surface area contributed by atoms with Crippen LogP contribution < -0.4 is 10.6 Å². The molecular weight excluding hydrogens is 411 g/mol. The Morgan fingerprint density at radius 3 is 2.63 bits per heavy atom. The third-order valence-electron chi connectivity index (χ3n) is 3.60. The third kappa shape index (κ3) is 5.22. The minimum atomic E-state index is -4.67. The second kappa shape index (κ2) is 8.76. The number of aromatic nitrogens is 9. The first-order valence-corrected chi connectivity index (χ1v) is 8.40. The van der Waals surface area contributed by atoms with Crippen LogP contribution >= 0.6 is 0 Å². The van der Waals surface area contributed by atoms with E-state index in [1.54, 1.807) is 7.05 Å². The molecule has 3 aromatic rings. The summed E-state index contributed by atoms with van der Waals surface area (Å²) >= 11 is 0. The van der Waals surface area contributed by atoms with E-state index in [9.17, 15) is 18.0 Å². The number of halogens is 3. The van der Waals surface area contributed by atoms with Crippen LogP contribution in [0.5, 0.6) is 0 Å². The van der Waals surface area contributed by atoms with Crippen molar-refractivity contribution < 1.29 is 22.7 Å². The highest BCUT2D eigenvalue weighted by atomic mass is 19.4. The monoisotopic (exact) mass is 427 g/mol. The molecule has 3 rings (SSSR count). The van der Waals surface area contributed by atoms with Gasteiger partial charge in [-0.3, -0.25) is 10.1 Å². The number of hydrogen-bond acceptors (Lipinski definition) is 10. The van der Waals surface area contributed by atoms with E-state index in [2.05, 4.69) is 46.6 Å². The topological polar surface area (TPSA) is 150 Å². The summed E-state index contributed by atoms with van der Waals surface area (Å²) in [7, 11) is 3.09. The number of carbonyl (C=O) groups excluding carboxylic acids is 1. The predicted molar refractivity (Wildman–Crippen MR) is 92.9 cm³/mol. The number of aryl methyl sites for hydroxylation is 2. The molecule has 0 radical (unpaired) electrons. The van der Waals surface area contributed by atoms with Gasteiger partial charge in [-0.05, 0) is 27.8 Å². The second-order valence-corrected chi connectivity index (χ2v) is 5.85. The van der Waals surface area contributed by atoms with Crippen molar-refractivity contribution in [3.63, 3.8) is 0 Å². The number of tetrazole rings is 2. The summed E-state index contributed by atoms with van der Waals surface area (Å²) in [5.74, 6) is -0.627. The van der Waals surface area contributed by atoms with E-state index in [-0.39, 0.29) is 37.1 Å². The van der Waals surface area contributed by atoms with Crippen molar-refractivity contribution in [3.05, 3.63) is 29.2 Å². The van der Waals surface area contributed by atoms with Crippen molar-refractivity contribution in [2.75, 3.05) is 23.8 Å². The zero-order chi connectivity index (χ0) is 21.7. The van der Waals surface area contributed by atoms with E-state index in [0.717, 1.165) is 6.07 Å². The van der Waals surface area contributed by atoms with Gasteiger partial charge in [-0.25, -0.2) is 9.67 Å². The molecule has 160 valence electrons. The molecule has 0 saturated carbocycles. The van der Waals surface area contributed by atoms with Crippen molar-refractivity contribution >= 4 is 17.7 Å². The lowest BCUT2D eigenvalue weighted by molar-refractivity contribution is -0.141. The zero-order valence-electron chi connectivity index (χ0n) is 15.8. The first-order chi connectivity index (χ1) is 14.2. The van der Waals surface area contributed by atoms with Gasteiger partial charge in [0.15, 0.2) is 5.82 Å². The standard InChI is InChI=1S/C14H16F3N11O2/c1-27-13(22-24-26-27)20-12(29)8-3-4-9(14(15,16)17)19-11(8)18-5-6-30-7-10-21-25-28(2)23-10/h3-4H,5-7H2,1-2H3,(H,18,19)(H,20,22,26,29). The van der Waals surface area contributed by atoms with E-state index in [1.807, 2.05) is 0 Å². The Labute approximate surface area is 166 Å². The summed E-state index contributed by atoms with van der Waals surface area (Å²) in [4.78, 5) is 17.3. The van der Waals surface area contributed by atoms with E-state index in [1.165, 1.54) is 16.5 Å². The van der Waals surface area contributed by atoms with Crippen LogP contribution in [0, 0.1) is 0 Å². The molecule has 0 aromatic carbocycles. The van der Waals surface area contributed by atoms with Gasteiger partial charge in [-0.15, -0.1) is 10.2 Å². The van der Waals surface area contributed by atoms with Gasteiger partial charge in [0, 0.05) is 13.6 Å². The highest BCUT2D eigenvalue weighted by Gasteiger charge is 2.33. The SMILES string of the molecule is Cn1nnc(COCCNc2nc(C(F)(F)F)ccc2C(=O)Nc2nnnn2C)n1. The van der Waals surface area contributed by atoms with Crippen LogP contribution in [-0.2, 0) is 31.6 Å². The molecule has 13 nitrogen and oxygen atoms in total. The highest BCUT2D eigenvalue weighted by molar-refractivity contribution is 6.06. The number of ether oxygens (including phenoxy) is 1. The van der Waals surface area contributed by atoms with Crippen LogP contribution in [0.15, 0.2) is 12.1 Å². The average Bonchev–Trinajstić information content (AvgIpc) is 3.28. The first kappa shape index (κ1) is 21.0. The van der Waals surface area contributed by atoms with Crippen LogP contribution in [0.3, 0.4) is 0 Å². The molecule has 0 saturated heterocycles. The number of rotatable bonds is 8. The molecular formula is C14H16F3N11O2. The molecule has 0 spiro atoms. The molecule has 0 unspecified atom stereocenters. The summed E-state index contributed by atoms with van der Waals surface area (Å²) in [6.07, 6.45) is -4.67. The number of amides is 1. The van der Waals surface area contributed by atoms with Gasteiger partial charge in [0.25, 0.3) is 5.91 Å². The number of nitrogens with one attached hydrogen (secondary N) is 2. The summed E-state index contributed by atoms with van der Waals surface area (Å²) in [5.41, 5.74) is -1.27. The summed E-state index contributed by atoms with van der Waals surface area (Å²) < 4.78 is 45.6. The number of hydrogen-bond donors (Lipinski definition) is 2. The van der Waals surface area contributed by atoms with Gasteiger partial charge in [-0.1, -0.05) is 5.10 Å². The van der Waals surface area contributed by atoms with Crippen molar-refractivity contribution in [2.24, 2.45) is 14.1 Å². The van der Waals surface area contributed by atoms with E-state index < -0.39 is 17.8 Å². The minimum Gasteiger partial charge on any atom is -0.371 e. The van der Waals surface area contributed by atoms with Crippen LogP contribution in [0.25, 0.3) is 0 Å². The smallest absolute Gasteiger partial charge is 0.371 e. The average molecular weight is 427 g/mol. The maximum atomic E-state index is 13.0. The van der Waals surface area contributed by atoms with Gasteiger partial charge < -0.3 is 10.1 Å². The number of nitrogens with zero attached hydrogens (tertiary/aromatic N) is 9. The molecule has 0 fully saturated rings. The summed E-state index contributed by atoms with van der Waals surface area (Å²) in [6, 6.07) is 1.73. The Morgan fingerprint density at radius 1 is 1.20 bits per heavy atom. The van der Waals surface area contributed by atoms with Crippen molar-refractivity contribution in [1.29, 1.82) is 0 Å². The molecule has 2 N–H and O–H groups in total. The van der Waals surface area contributed by atoms with Gasteiger partial charge >= 0.3 is 6.18 Å². The predicted octanol–water partition coefficient (Wildman–Crippen LogP) is 0.0284. The second-order valence-electron chi connectivity index (χ2n) is 5.85. The number of anilines is 2. The van der Waals surface area contributed by atoms with Gasteiger partial charge in [0.2, 0.25) is 5.95 Å².